The summed E-state index contributed by atoms with van der Waals surface area (Å²) < 4.78 is 41.8. The van der Waals surface area contributed by atoms with Gasteiger partial charge >= 0.3 is 11.8 Å². The number of nitrogens with zero attached hydrogens (tertiary/aromatic N) is 6. The van der Waals surface area contributed by atoms with Gasteiger partial charge in [-0.05, 0) is 67.3 Å². The number of anilines is 2. The molecule has 0 saturated heterocycles. The maximum atomic E-state index is 13.4. The molecule has 178 valence electrons. The molecule has 0 unspecified atom stereocenters. The highest BCUT2D eigenvalue weighted by Crippen LogP contribution is 2.32. The summed E-state index contributed by atoms with van der Waals surface area (Å²) in [5.74, 6) is 0.851. The van der Waals surface area contributed by atoms with Crippen LogP contribution < -0.4 is 16.3 Å². The molecule has 4 heterocycles. The Bertz CT molecular complexity index is 1650. The molecule has 1 amide bonds. The summed E-state index contributed by atoms with van der Waals surface area (Å²) in [6.45, 7) is 1.09. The summed E-state index contributed by atoms with van der Waals surface area (Å²) in [4.78, 5) is 34.1. The average Bonchev–Trinajstić information content (AvgIpc) is 3.44. The zero-order valence-electron chi connectivity index (χ0n) is 22.7. The first-order valence-electron chi connectivity index (χ1n) is 12.6. The summed E-state index contributed by atoms with van der Waals surface area (Å²) >= 11 is 2.18. The van der Waals surface area contributed by atoms with Crippen molar-refractivity contribution in [1.29, 1.82) is 0 Å². The number of nitrogens with one attached hydrogen (secondary N) is 2. The SMILES string of the molecule is [2H]C([2H])([2H])n1c(=O)n([C@@H]2CC[C@@]([2H])(NC(=O)OC)C2)c2cc(Nc3cc(C)c4nc(C)c(I)n4n3)ncc21. The van der Waals surface area contributed by atoms with Crippen molar-refractivity contribution in [1.82, 2.24) is 34.0 Å². The van der Waals surface area contributed by atoms with Crippen LogP contribution in [0.1, 0.15) is 42.0 Å². The molecular formula is C22H25IN8O3. The first-order chi connectivity index (χ1) is 17.8. The van der Waals surface area contributed by atoms with Crippen LogP contribution in [0.2, 0.25) is 0 Å². The lowest BCUT2D eigenvalue weighted by molar-refractivity contribution is 0.166. The molecule has 0 spiro atoms. The highest BCUT2D eigenvalue weighted by Gasteiger charge is 2.30. The molecule has 4 aromatic rings. The van der Waals surface area contributed by atoms with Crippen LogP contribution in [0.3, 0.4) is 0 Å². The Balaban J connectivity index is 1.58. The fourth-order valence-corrected chi connectivity index (χ4v) is 4.80. The Morgan fingerprint density at radius 2 is 2.12 bits per heavy atom. The third kappa shape index (κ3) is 3.79. The summed E-state index contributed by atoms with van der Waals surface area (Å²) in [5.41, 5.74) is 2.26. The van der Waals surface area contributed by atoms with Gasteiger partial charge in [-0.15, -0.1) is 5.10 Å². The summed E-state index contributed by atoms with van der Waals surface area (Å²) in [7, 11) is 1.21. The molecule has 2 N–H and O–H groups in total. The zero-order valence-corrected chi connectivity index (χ0v) is 20.9. The van der Waals surface area contributed by atoms with Gasteiger partial charge in [0.05, 0.1) is 31.4 Å². The largest absolute Gasteiger partial charge is 0.453 e. The summed E-state index contributed by atoms with van der Waals surface area (Å²) in [6.07, 6.45) is 1.35. The van der Waals surface area contributed by atoms with E-state index in [1.807, 2.05) is 19.9 Å². The lowest BCUT2D eigenvalue weighted by Gasteiger charge is -2.14. The minimum Gasteiger partial charge on any atom is -0.453 e. The number of aryl methyl sites for hydroxylation is 3. The van der Waals surface area contributed by atoms with E-state index >= 15 is 0 Å². The van der Waals surface area contributed by atoms with Gasteiger partial charge in [-0.2, -0.15) is 0 Å². The van der Waals surface area contributed by atoms with Gasteiger partial charge in [0.1, 0.15) is 9.52 Å². The molecule has 0 bridgehead atoms. The number of aromatic nitrogens is 6. The first kappa shape index (κ1) is 18.2. The van der Waals surface area contributed by atoms with Crippen LogP contribution in [-0.2, 0) is 11.7 Å². The number of carbonyl (C=O) groups excluding carboxylic acids is 1. The molecule has 4 aromatic heterocycles. The van der Waals surface area contributed by atoms with Gasteiger partial charge in [0.25, 0.3) is 0 Å². The van der Waals surface area contributed by atoms with Gasteiger partial charge in [0, 0.05) is 29.2 Å². The lowest BCUT2D eigenvalue weighted by atomic mass is 10.2. The average molecular weight is 580 g/mol. The van der Waals surface area contributed by atoms with Crippen LogP contribution in [0, 0.1) is 17.5 Å². The van der Waals surface area contributed by atoms with E-state index in [0.29, 0.717) is 23.6 Å². The highest BCUT2D eigenvalue weighted by atomic mass is 127. The van der Waals surface area contributed by atoms with Gasteiger partial charge in [-0.1, -0.05) is 0 Å². The van der Waals surface area contributed by atoms with E-state index in [1.54, 1.807) is 10.6 Å². The van der Waals surface area contributed by atoms with Gasteiger partial charge < -0.3 is 15.4 Å². The van der Waals surface area contributed by atoms with Crippen LogP contribution in [0.4, 0.5) is 16.4 Å². The quantitative estimate of drug-likeness (QED) is 0.356. The molecule has 0 aliphatic heterocycles. The Labute approximate surface area is 214 Å². The third-order valence-electron chi connectivity index (χ3n) is 5.98. The second-order valence-electron chi connectivity index (χ2n) is 8.22. The second-order valence-corrected chi connectivity index (χ2v) is 9.25. The number of carbonyl (C=O) groups is 1. The smallest absolute Gasteiger partial charge is 0.407 e. The molecule has 1 saturated carbocycles. The van der Waals surface area contributed by atoms with E-state index in [4.69, 9.17) is 5.48 Å². The topological polar surface area (TPSA) is 120 Å². The van der Waals surface area contributed by atoms with Crippen LogP contribution >= 0.6 is 22.6 Å². The monoisotopic (exact) mass is 580 g/mol. The molecule has 0 aromatic carbocycles. The van der Waals surface area contributed by atoms with Crippen LogP contribution in [0.15, 0.2) is 23.1 Å². The van der Waals surface area contributed by atoms with Gasteiger partial charge in [-0.25, -0.2) is 24.1 Å². The molecule has 5 rings (SSSR count). The van der Waals surface area contributed by atoms with E-state index < -0.39 is 30.8 Å². The number of hydrogen-bond donors (Lipinski definition) is 2. The number of fused-ring (bicyclic) bond motifs is 2. The minimum atomic E-state index is -2.74. The molecule has 12 heteroatoms. The third-order valence-corrected chi connectivity index (χ3v) is 7.22. The number of halogens is 1. The molecule has 11 nitrogen and oxygen atoms in total. The fraction of sp³-hybridized carbons (Fsp3) is 0.409. The number of pyridine rings is 1. The van der Waals surface area contributed by atoms with Crippen LogP contribution in [0.25, 0.3) is 16.7 Å². The Morgan fingerprint density at radius 3 is 2.88 bits per heavy atom. The summed E-state index contributed by atoms with van der Waals surface area (Å²) in [5, 5.41) is 10.3. The van der Waals surface area contributed by atoms with Crippen LogP contribution in [-0.4, -0.2) is 47.9 Å². The maximum Gasteiger partial charge on any atom is 0.407 e. The predicted octanol–water partition coefficient (Wildman–Crippen LogP) is 3.19. The van der Waals surface area contributed by atoms with E-state index in [1.165, 1.54) is 17.9 Å². The van der Waals surface area contributed by atoms with E-state index in [2.05, 4.69) is 53.0 Å². The maximum absolute atomic E-state index is 13.4. The number of amides is 1. The zero-order chi connectivity index (χ0) is 27.6. The number of rotatable bonds is 4. The van der Waals surface area contributed by atoms with Crippen molar-refractivity contribution in [2.24, 2.45) is 6.98 Å². The van der Waals surface area contributed by atoms with E-state index in [-0.39, 0.29) is 18.4 Å². The van der Waals surface area contributed by atoms with Crippen molar-refractivity contribution < 1.29 is 15.0 Å². The molecule has 34 heavy (non-hydrogen) atoms. The van der Waals surface area contributed by atoms with Crippen molar-refractivity contribution in [3.05, 3.63) is 43.8 Å². The van der Waals surface area contributed by atoms with Gasteiger partial charge in [0.15, 0.2) is 11.5 Å². The van der Waals surface area contributed by atoms with Gasteiger partial charge in [0.2, 0.25) is 0 Å². The first-order valence-corrected chi connectivity index (χ1v) is 11.7. The normalized spacial score (nSPS) is 22.3. The molecule has 0 radical (unpaired) electrons. The minimum absolute atomic E-state index is 0.100. The second kappa shape index (κ2) is 8.56. The van der Waals surface area contributed by atoms with Crippen molar-refractivity contribution in [2.75, 3.05) is 12.4 Å². The Kier molecular flexibility index (Phi) is 4.58. The number of ether oxygens (including phenoxy) is 1. The molecule has 2 atom stereocenters. The number of hydrogen-bond acceptors (Lipinski definition) is 7. The number of alkyl carbamates (subject to hydrolysis) is 1. The predicted molar refractivity (Wildman–Crippen MR) is 136 cm³/mol. The number of imidazole rings is 2. The highest BCUT2D eigenvalue weighted by molar-refractivity contribution is 14.1. The van der Waals surface area contributed by atoms with Crippen molar-refractivity contribution in [3.8, 4) is 0 Å². The van der Waals surface area contributed by atoms with Crippen molar-refractivity contribution in [3.63, 3.8) is 0 Å². The van der Waals surface area contributed by atoms with E-state index in [0.717, 1.165) is 25.2 Å². The van der Waals surface area contributed by atoms with Crippen molar-refractivity contribution >= 4 is 57.0 Å². The molecule has 1 fully saturated rings. The Morgan fingerprint density at radius 1 is 1.29 bits per heavy atom. The van der Waals surface area contributed by atoms with Crippen molar-refractivity contribution in [2.45, 2.75) is 45.2 Å². The molecule has 1 aliphatic carbocycles. The molecule has 1 aliphatic rings. The Hall–Kier alpha value is -3.16. The van der Waals surface area contributed by atoms with Crippen LogP contribution in [0.5, 0.6) is 0 Å². The molecular weight excluding hydrogens is 551 g/mol. The number of methoxy groups -OCH3 is 1. The standard InChI is InChI=1S/C22H25IN8O3/c1-11-7-18(28-31-19(23)12(2)25-20(11)31)27-17-9-15-16(10-24-17)29(3)22(33)30(15)14-6-5-13(8-14)26-21(32)34-4/h7,9-10,13-14H,5-6,8H2,1-4H3,(H,26,32)(H,24,27,28)/t13-,14-/m1/s1/i3D3,13D. The van der Waals surface area contributed by atoms with Gasteiger partial charge in [-0.3, -0.25) is 9.13 Å². The van der Waals surface area contributed by atoms with E-state index in [9.17, 15) is 9.59 Å². The fourth-order valence-electron chi connectivity index (χ4n) is 4.34. The lowest BCUT2D eigenvalue weighted by Crippen LogP contribution is -2.33. The summed E-state index contributed by atoms with van der Waals surface area (Å²) in [6, 6.07) is 1.55.